The first-order valence-electron chi connectivity index (χ1n) is 4.41. The highest BCUT2D eigenvalue weighted by Gasteiger charge is 2.34. The van der Waals surface area contributed by atoms with Crippen LogP contribution in [0.1, 0.15) is 12.8 Å². The van der Waals surface area contributed by atoms with Crippen LogP contribution >= 0.6 is 0 Å². The van der Waals surface area contributed by atoms with Crippen molar-refractivity contribution in [2.75, 3.05) is 19.8 Å². The predicted octanol–water partition coefficient (Wildman–Crippen LogP) is -0.224. The van der Waals surface area contributed by atoms with Crippen LogP contribution < -0.4 is 0 Å². The maximum atomic E-state index is 9.37. The molecule has 0 amide bonds. The summed E-state index contributed by atoms with van der Waals surface area (Å²) in [5, 5.41) is 13.4. The third-order valence-corrected chi connectivity index (χ3v) is 2.62. The van der Waals surface area contributed by atoms with Gasteiger partial charge in [0.05, 0.1) is 12.1 Å². The number of hydrogen-bond donors (Lipinski definition) is 1. The van der Waals surface area contributed by atoms with Gasteiger partial charge < -0.3 is 9.84 Å². The van der Waals surface area contributed by atoms with Gasteiger partial charge in [0.1, 0.15) is 12.7 Å². The van der Waals surface area contributed by atoms with E-state index in [-0.39, 0.29) is 12.1 Å². The van der Waals surface area contributed by atoms with Crippen molar-refractivity contribution < 1.29 is 9.84 Å². The molecule has 0 aliphatic carbocycles. The fourth-order valence-corrected chi connectivity index (χ4v) is 1.66. The molecule has 2 heterocycles. The average molecular weight is 183 g/mol. The van der Waals surface area contributed by atoms with Crippen molar-refractivity contribution in [2.45, 2.75) is 18.4 Å². The van der Waals surface area contributed by atoms with E-state index in [1.54, 1.807) is 11.0 Å². The molecule has 0 unspecified atom stereocenters. The summed E-state index contributed by atoms with van der Waals surface area (Å²) in [4.78, 5) is 3.89. The van der Waals surface area contributed by atoms with Crippen LogP contribution in [0.5, 0.6) is 0 Å². The smallest absolute Gasteiger partial charge is 0.137 e. The Morgan fingerprint density at radius 3 is 2.77 bits per heavy atom. The van der Waals surface area contributed by atoms with E-state index in [9.17, 15) is 5.11 Å². The van der Waals surface area contributed by atoms with E-state index in [4.69, 9.17) is 4.74 Å². The minimum absolute atomic E-state index is 0.0969. The zero-order valence-corrected chi connectivity index (χ0v) is 7.39. The zero-order valence-electron chi connectivity index (χ0n) is 7.39. The van der Waals surface area contributed by atoms with E-state index in [1.165, 1.54) is 6.33 Å². The van der Waals surface area contributed by atoms with E-state index < -0.39 is 0 Å². The molecule has 1 aromatic rings. The number of nitrogens with zero attached hydrogens (tertiary/aromatic N) is 3. The van der Waals surface area contributed by atoms with Gasteiger partial charge in [-0.3, -0.25) is 0 Å². The fraction of sp³-hybridized carbons (Fsp3) is 0.750. The first-order valence-corrected chi connectivity index (χ1v) is 4.41. The second-order valence-electron chi connectivity index (χ2n) is 3.33. The maximum absolute atomic E-state index is 9.37. The van der Waals surface area contributed by atoms with Gasteiger partial charge in [0.15, 0.2) is 0 Å². The number of hydrogen-bond acceptors (Lipinski definition) is 4. The summed E-state index contributed by atoms with van der Waals surface area (Å²) in [5.41, 5.74) is -0.283. The molecule has 0 saturated carbocycles. The molecule has 0 spiro atoms. The molecule has 2 rings (SSSR count). The van der Waals surface area contributed by atoms with E-state index in [2.05, 4.69) is 10.1 Å². The van der Waals surface area contributed by atoms with Crippen LogP contribution in [0.2, 0.25) is 0 Å². The molecule has 1 N–H and O–H groups in total. The lowest BCUT2D eigenvalue weighted by Gasteiger charge is -2.35. The number of aromatic nitrogens is 3. The van der Waals surface area contributed by atoms with Crippen LogP contribution in [0.15, 0.2) is 12.7 Å². The van der Waals surface area contributed by atoms with Gasteiger partial charge in [-0.05, 0) is 12.8 Å². The lowest BCUT2D eigenvalue weighted by molar-refractivity contribution is -0.0145. The minimum Gasteiger partial charge on any atom is -0.394 e. The molecule has 0 atom stereocenters. The largest absolute Gasteiger partial charge is 0.394 e. The van der Waals surface area contributed by atoms with E-state index in [0.29, 0.717) is 13.2 Å². The van der Waals surface area contributed by atoms with Gasteiger partial charge in [0.2, 0.25) is 0 Å². The van der Waals surface area contributed by atoms with Crippen molar-refractivity contribution in [3.05, 3.63) is 12.7 Å². The van der Waals surface area contributed by atoms with E-state index >= 15 is 0 Å². The Hall–Kier alpha value is -0.940. The monoisotopic (exact) mass is 183 g/mol. The lowest BCUT2D eigenvalue weighted by Crippen LogP contribution is -2.43. The summed E-state index contributed by atoms with van der Waals surface area (Å²) < 4.78 is 7.00. The number of aliphatic hydroxyl groups is 1. The molecule has 1 aliphatic rings. The van der Waals surface area contributed by atoms with Crippen molar-refractivity contribution >= 4 is 0 Å². The summed E-state index contributed by atoms with van der Waals surface area (Å²) in [6.07, 6.45) is 4.74. The normalized spacial score (nSPS) is 21.6. The molecule has 0 bridgehead atoms. The van der Waals surface area contributed by atoms with Crippen LogP contribution in [-0.4, -0.2) is 39.7 Å². The summed E-state index contributed by atoms with van der Waals surface area (Å²) in [5.74, 6) is 0. The second-order valence-corrected chi connectivity index (χ2v) is 3.33. The van der Waals surface area contributed by atoms with E-state index in [1.807, 2.05) is 0 Å². The highest BCUT2D eigenvalue weighted by atomic mass is 16.5. The van der Waals surface area contributed by atoms with Crippen molar-refractivity contribution in [1.82, 2.24) is 14.8 Å². The van der Waals surface area contributed by atoms with Gasteiger partial charge in [0, 0.05) is 13.2 Å². The Kier molecular flexibility index (Phi) is 2.28. The molecule has 0 radical (unpaired) electrons. The Morgan fingerprint density at radius 1 is 1.46 bits per heavy atom. The first-order chi connectivity index (χ1) is 6.37. The van der Waals surface area contributed by atoms with Gasteiger partial charge in [-0.2, -0.15) is 5.10 Å². The molecule has 13 heavy (non-hydrogen) atoms. The van der Waals surface area contributed by atoms with Crippen molar-refractivity contribution in [3.8, 4) is 0 Å². The van der Waals surface area contributed by atoms with Crippen molar-refractivity contribution in [1.29, 1.82) is 0 Å². The SMILES string of the molecule is OCC1(n2cncn2)CCOCC1. The first kappa shape index (κ1) is 8.65. The molecular weight excluding hydrogens is 170 g/mol. The van der Waals surface area contributed by atoms with Crippen LogP contribution in [0.25, 0.3) is 0 Å². The van der Waals surface area contributed by atoms with Crippen LogP contribution in [0, 0.1) is 0 Å². The Bertz CT molecular complexity index is 254. The standard InChI is InChI=1S/C8H13N3O2/c12-5-8(1-3-13-4-2-8)11-7-9-6-10-11/h6-7,12H,1-5H2. The number of aliphatic hydroxyl groups excluding tert-OH is 1. The summed E-state index contributed by atoms with van der Waals surface area (Å²) in [7, 11) is 0. The van der Waals surface area contributed by atoms with Gasteiger partial charge >= 0.3 is 0 Å². The van der Waals surface area contributed by atoms with Crippen molar-refractivity contribution in [2.24, 2.45) is 0 Å². The average Bonchev–Trinajstić information content (AvgIpc) is 2.72. The number of ether oxygens (including phenoxy) is 1. The maximum Gasteiger partial charge on any atom is 0.137 e. The summed E-state index contributed by atoms with van der Waals surface area (Å²) in [6.45, 7) is 1.46. The fourth-order valence-electron chi connectivity index (χ4n) is 1.66. The van der Waals surface area contributed by atoms with Gasteiger partial charge in [-0.25, -0.2) is 9.67 Å². The molecule has 1 fully saturated rings. The molecule has 72 valence electrons. The highest BCUT2D eigenvalue weighted by Crippen LogP contribution is 2.27. The van der Waals surface area contributed by atoms with Crippen LogP contribution in [0.4, 0.5) is 0 Å². The highest BCUT2D eigenvalue weighted by molar-refractivity contribution is 4.87. The zero-order chi connectivity index (χ0) is 9.15. The molecule has 1 aromatic heterocycles. The minimum atomic E-state index is -0.283. The van der Waals surface area contributed by atoms with Crippen LogP contribution in [-0.2, 0) is 10.3 Å². The van der Waals surface area contributed by atoms with Crippen molar-refractivity contribution in [3.63, 3.8) is 0 Å². The summed E-state index contributed by atoms with van der Waals surface area (Å²) >= 11 is 0. The Balaban J connectivity index is 2.23. The Labute approximate surface area is 76.3 Å². The number of rotatable bonds is 2. The van der Waals surface area contributed by atoms with Gasteiger partial charge in [0.25, 0.3) is 0 Å². The summed E-state index contributed by atoms with van der Waals surface area (Å²) in [6, 6.07) is 0. The molecule has 1 saturated heterocycles. The quantitative estimate of drug-likeness (QED) is 0.688. The third kappa shape index (κ3) is 1.45. The molecule has 0 aromatic carbocycles. The molecule has 5 heteroatoms. The van der Waals surface area contributed by atoms with E-state index in [0.717, 1.165) is 12.8 Å². The van der Waals surface area contributed by atoms with Gasteiger partial charge in [-0.1, -0.05) is 0 Å². The third-order valence-electron chi connectivity index (χ3n) is 2.62. The lowest BCUT2D eigenvalue weighted by atomic mass is 9.91. The molecular formula is C8H13N3O2. The van der Waals surface area contributed by atoms with Gasteiger partial charge in [-0.15, -0.1) is 0 Å². The van der Waals surface area contributed by atoms with Crippen LogP contribution in [0.3, 0.4) is 0 Å². The Morgan fingerprint density at radius 2 is 2.23 bits per heavy atom. The predicted molar refractivity (Wildman–Crippen MR) is 45.1 cm³/mol. The molecule has 1 aliphatic heterocycles. The topological polar surface area (TPSA) is 60.2 Å². The second kappa shape index (κ2) is 3.43. The molecule has 5 nitrogen and oxygen atoms in total.